The summed E-state index contributed by atoms with van der Waals surface area (Å²) in [4.78, 5) is 20.9. The minimum Gasteiger partial charge on any atom is -0.465 e. The number of aromatic nitrogens is 3. The van der Waals surface area contributed by atoms with E-state index < -0.39 is 16.0 Å². The Labute approximate surface area is 196 Å². The van der Waals surface area contributed by atoms with Crippen LogP contribution >= 0.6 is 0 Å². The van der Waals surface area contributed by atoms with Crippen molar-refractivity contribution in [2.24, 2.45) is 0 Å². The molecule has 9 nitrogen and oxygen atoms in total. The van der Waals surface area contributed by atoms with E-state index in [1.807, 2.05) is 24.3 Å². The maximum atomic E-state index is 13.2. The number of rotatable bonds is 5. The Kier molecular flexibility index (Phi) is 5.84. The minimum atomic E-state index is -3.86. The van der Waals surface area contributed by atoms with Gasteiger partial charge in [0.2, 0.25) is 21.7 Å². The van der Waals surface area contributed by atoms with Gasteiger partial charge in [0.25, 0.3) is 0 Å². The van der Waals surface area contributed by atoms with E-state index in [2.05, 4.69) is 15.1 Å². The molecule has 0 unspecified atom stereocenters. The summed E-state index contributed by atoms with van der Waals surface area (Å²) in [5, 5.41) is 6.12. The van der Waals surface area contributed by atoms with Gasteiger partial charge in [-0.1, -0.05) is 41.6 Å². The van der Waals surface area contributed by atoms with Gasteiger partial charge in [0.1, 0.15) is 0 Å². The van der Waals surface area contributed by atoms with Crippen LogP contribution < -0.4 is 0 Å². The molecule has 10 heteroatoms. The molecule has 2 aromatic heterocycles. The highest BCUT2D eigenvalue weighted by Gasteiger charge is 2.34. The maximum Gasteiger partial charge on any atom is 0.339 e. The van der Waals surface area contributed by atoms with Gasteiger partial charge in [-0.2, -0.15) is 9.29 Å². The van der Waals surface area contributed by atoms with Crippen LogP contribution in [0.25, 0.3) is 22.2 Å². The maximum absolute atomic E-state index is 13.2. The number of piperidine rings is 1. The summed E-state index contributed by atoms with van der Waals surface area (Å²) >= 11 is 0. The molecule has 3 heterocycles. The molecule has 0 aliphatic carbocycles. The molecule has 0 radical (unpaired) electrons. The largest absolute Gasteiger partial charge is 0.465 e. The average Bonchev–Trinajstić information content (AvgIpc) is 3.38. The quantitative estimate of drug-likeness (QED) is 0.399. The monoisotopic (exact) mass is 478 g/mol. The molecule has 1 aliphatic rings. The zero-order chi connectivity index (χ0) is 23.7. The van der Waals surface area contributed by atoms with Gasteiger partial charge in [0.05, 0.1) is 17.6 Å². The lowest BCUT2D eigenvalue weighted by Crippen LogP contribution is -2.38. The number of carbonyl (C=O) groups is 1. The van der Waals surface area contributed by atoms with Crippen LogP contribution in [-0.2, 0) is 14.8 Å². The molecule has 0 bridgehead atoms. The lowest BCUT2D eigenvalue weighted by molar-refractivity contribution is 0.0596. The van der Waals surface area contributed by atoms with Crippen molar-refractivity contribution >= 4 is 26.8 Å². The van der Waals surface area contributed by atoms with Crippen LogP contribution in [-0.4, -0.2) is 54.0 Å². The van der Waals surface area contributed by atoms with Gasteiger partial charge in [-0.15, -0.1) is 0 Å². The lowest BCUT2D eigenvalue weighted by atomic mass is 9.98. The lowest BCUT2D eigenvalue weighted by Gasteiger charge is -2.30. The van der Waals surface area contributed by atoms with E-state index >= 15 is 0 Å². The van der Waals surface area contributed by atoms with Gasteiger partial charge in [0.15, 0.2) is 0 Å². The highest BCUT2D eigenvalue weighted by Crippen LogP contribution is 2.33. The first-order valence-corrected chi connectivity index (χ1v) is 12.3. The Morgan fingerprint density at radius 3 is 2.59 bits per heavy atom. The average molecular weight is 479 g/mol. The number of hydrogen-bond acceptors (Lipinski definition) is 8. The molecule has 1 saturated heterocycles. The normalized spacial score (nSPS) is 15.4. The first-order chi connectivity index (χ1) is 16.5. The number of benzene rings is 2. The van der Waals surface area contributed by atoms with Crippen molar-refractivity contribution in [2.45, 2.75) is 23.7 Å². The number of ether oxygens (including phenoxy) is 1. The van der Waals surface area contributed by atoms with Crippen LogP contribution in [0.2, 0.25) is 0 Å². The van der Waals surface area contributed by atoms with Crippen molar-refractivity contribution in [1.82, 2.24) is 19.4 Å². The summed E-state index contributed by atoms with van der Waals surface area (Å²) in [5.74, 6) is 0.193. The zero-order valence-corrected chi connectivity index (χ0v) is 19.2. The first kappa shape index (κ1) is 22.2. The number of methoxy groups -OCH3 is 1. The number of pyridine rings is 1. The second-order valence-electron chi connectivity index (χ2n) is 8.03. The minimum absolute atomic E-state index is 0.0253. The SMILES string of the molecule is COC(=O)c1ccccc1S(=O)(=O)N1CCC(c2nc(-c3cncc4ccccc34)no2)CC1. The fourth-order valence-electron chi connectivity index (χ4n) is 4.26. The predicted molar refractivity (Wildman–Crippen MR) is 124 cm³/mol. The number of hydrogen-bond donors (Lipinski definition) is 0. The molecular weight excluding hydrogens is 456 g/mol. The summed E-state index contributed by atoms with van der Waals surface area (Å²) in [7, 11) is -2.63. The van der Waals surface area contributed by atoms with Gasteiger partial charge in [-0.3, -0.25) is 4.98 Å². The van der Waals surface area contributed by atoms with Gasteiger partial charge in [0, 0.05) is 42.4 Å². The summed E-state index contributed by atoms with van der Waals surface area (Å²) < 4.78 is 38.2. The molecule has 1 aliphatic heterocycles. The summed E-state index contributed by atoms with van der Waals surface area (Å²) in [6.45, 7) is 0.548. The number of fused-ring (bicyclic) bond motifs is 1. The Morgan fingerprint density at radius 2 is 1.79 bits per heavy atom. The van der Waals surface area contributed by atoms with E-state index in [1.54, 1.807) is 24.5 Å². The zero-order valence-electron chi connectivity index (χ0n) is 18.4. The number of sulfonamides is 1. The molecule has 0 N–H and O–H groups in total. The fourth-order valence-corrected chi connectivity index (χ4v) is 5.91. The third-order valence-electron chi connectivity index (χ3n) is 6.06. The van der Waals surface area contributed by atoms with Crippen molar-refractivity contribution in [3.8, 4) is 11.4 Å². The Morgan fingerprint density at radius 1 is 1.06 bits per heavy atom. The summed E-state index contributed by atoms with van der Waals surface area (Å²) in [6.07, 6.45) is 4.54. The molecule has 34 heavy (non-hydrogen) atoms. The molecule has 5 rings (SSSR count). The van der Waals surface area contributed by atoms with E-state index in [9.17, 15) is 13.2 Å². The second kappa shape index (κ2) is 8.96. The summed E-state index contributed by atoms with van der Waals surface area (Å²) in [5.41, 5.74) is 0.810. The smallest absolute Gasteiger partial charge is 0.339 e. The molecule has 1 fully saturated rings. The Bertz CT molecular complexity index is 1450. The van der Waals surface area contributed by atoms with Crippen LogP contribution in [0.4, 0.5) is 0 Å². The Hall–Kier alpha value is -3.63. The highest BCUT2D eigenvalue weighted by molar-refractivity contribution is 7.89. The van der Waals surface area contributed by atoms with Gasteiger partial charge in [-0.25, -0.2) is 13.2 Å². The van der Waals surface area contributed by atoms with Gasteiger partial charge < -0.3 is 9.26 Å². The number of nitrogens with zero attached hydrogens (tertiary/aromatic N) is 4. The van der Waals surface area contributed by atoms with Crippen molar-refractivity contribution in [1.29, 1.82) is 0 Å². The topological polar surface area (TPSA) is 115 Å². The molecule has 0 spiro atoms. The van der Waals surface area contributed by atoms with Crippen molar-refractivity contribution in [2.75, 3.05) is 20.2 Å². The van der Waals surface area contributed by atoms with Gasteiger partial charge in [-0.05, 0) is 30.4 Å². The van der Waals surface area contributed by atoms with Crippen molar-refractivity contribution < 1.29 is 22.5 Å². The van der Waals surface area contributed by atoms with E-state index in [-0.39, 0.29) is 29.5 Å². The number of carbonyl (C=O) groups excluding carboxylic acids is 1. The second-order valence-corrected chi connectivity index (χ2v) is 9.94. The molecule has 0 saturated carbocycles. The molecule has 0 amide bonds. The number of esters is 1. The van der Waals surface area contributed by atoms with E-state index in [0.717, 1.165) is 16.3 Å². The van der Waals surface area contributed by atoms with E-state index in [1.165, 1.54) is 23.5 Å². The van der Waals surface area contributed by atoms with Crippen LogP contribution in [0.5, 0.6) is 0 Å². The molecule has 2 aromatic carbocycles. The predicted octanol–water partition coefficient (Wildman–Crippen LogP) is 3.64. The van der Waals surface area contributed by atoms with Crippen LogP contribution in [0.1, 0.15) is 35.0 Å². The third-order valence-corrected chi connectivity index (χ3v) is 8.02. The van der Waals surface area contributed by atoms with Gasteiger partial charge >= 0.3 is 5.97 Å². The standard InChI is InChI=1S/C24H22N4O5S/c1-32-24(29)19-8-4-5-9-21(19)34(30,31)28-12-10-16(11-13-28)23-26-22(27-33-23)20-15-25-14-17-6-2-3-7-18(17)20/h2-9,14-16H,10-13H2,1H3. The Balaban J connectivity index is 1.34. The molecule has 0 atom stereocenters. The van der Waals surface area contributed by atoms with Crippen molar-refractivity contribution in [3.05, 3.63) is 72.4 Å². The van der Waals surface area contributed by atoms with Crippen LogP contribution in [0.3, 0.4) is 0 Å². The van der Waals surface area contributed by atoms with Crippen molar-refractivity contribution in [3.63, 3.8) is 0 Å². The van der Waals surface area contributed by atoms with Crippen LogP contribution in [0.15, 0.2) is 70.3 Å². The van der Waals surface area contributed by atoms with E-state index in [4.69, 9.17) is 9.26 Å². The highest BCUT2D eigenvalue weighted by atomic mass is 32.2. The molecule has 174 valence electrons. The summed E-state index contributed by atoms with van der Waals surface area (Å²) in [6, 6.07) is 13.9. The third kappa shape index (κ3) is 3.95. The first-order valence-electron chi connectivity index (χ1n) is 10.8. The molecule has 4 aromatic rings. The fraction of sp³-hybridized carbons (Fsp3) is 0.250. The van der Waals surface area contributed by atoms with E-state index in [0.29, 0.717) is 24.6 Å². The molecular formula is C24H22N4O5S. The van der Waals surface area contributed by atoms with Crippen LogP contribution in [0, 0.1) is 0 Å².